The number of benzene rings is 1. The highest BCUT2D eigenvalue weighted by Gasteiger charge is 2.47. The number of thiazole rings is 1. The Morgan fingerprint density at radius 1 is 1.13 bits per heavy atom. The van der Waals surface area contributed by atoms with Crippen LogP contribution < -0.4 is 9.80 Å². The number of likely N-dealkylation sites (tertiary alicyclic amines) is 1. The van der Waals surface area contributed by atoms with Crippen LogP contribution >= 0.6 is 11.3 Å². The van der Waals surface area contributed by atoms with Gasteiger partial charge in [0.25, 0.3) is 0 Å². The summed E-state index contributed by atoms with van der Waals surface area (Å²) in [6.07, 6.45) is 1.40. The average molecular weight is 550 g/mol. The van der Waals surface area contributed by atoms with Crippen LogP contribution in [-0.4, -0.2) is 68.4 Å². The monoisotopic (exact) mass is 549 g/mol. The van der Waals surface area contributed by atoms with Crippen LogP contribution in [0.25, 0.3) is 16.9 Å². The van der Waals surface area contributed by atoms with Gasteiger partial charge in [0.05, 0.1) is 23.5 Å². The molecule has 2 unspecified atom stereocenters. The van der Waals surface area contributed by atoms with E-state index in [9.17, 15) is 9.18 Å². The predicted octanol–water partition coefficient (Wildman–Crippen LogP) is 5.52. The summed E-state index contributed by atoms with van der Waals surface area (Å²) in [6.45, 7) is 9.10. The smallest absolute Gasteiger partial charge is 0.410 e. The van der Waals surface area contributed by atoms with E-state index in [1.54, 1.807) is 12.1 Å². The third kappa shape index (κ3) is 4.69. The highest BCUT2D eigenvalue weighted by atomic mass is 32.1. The first-order valence-corrected chi connectivity index (χ1v) is 14.1. The fourth-order valence-electron chi connectivity index (χ4n) is 5.44. The van der Waals surface area contributed by atoms with E-state index < -0.39 is 5.60 Å². The molecule has 1 aromatic carbocycles. The quantitative estimate of drug-likeness (QED) is 0.324. The Bertz CT molecular complexity index is 1530. The zero-order valence-electron chi connectivity index (χ0n) is 22.8. The molecule has 4 aromatic rings. The van der Waals surface area contributed by atoms with Crippen LogP contribution in [0.1, 0.15) is 39.8 Å². The number of imidazole rings is 1. The summed E-state index contributed by atoms with van der Waals surface area (Å²) in [7, 11) is 1.97. The molecule has 5 heterocycles. The molecule has 11 heteroatoms. The minimum atomic E-state index is -0.511. The van der Waals surface area contributed by atoms with Crippen LogP contribution in [-0.2, 0) is 11.2 Å². The highest BCUT2D eigenvalue weighted by Crippen LogP contribution is 2.37. The number of amides is 1. The molecular weight excluding hydrogens is 517 g/mol. The van der Waals surface area contributed by atoms with Crippen LogP contribution in [0.2, 0.25) is 0 Å². The Kier molecular flexibility index (Phi) is 6.21. The number of carbonyl (C=O) groups is 1. The lowest BCUT2D eigenvalue weighted by molar-refractivity contribution is 0.0214. The van der Waals surface area contributed by atoms with E-state index in [0.29, 0.717) is 6.54 Å². The minimum absolute atomic E-state index is 0.110. The number of carbonyl (C=O) groups excluding carboxylic acids is 1. The van der Waals surface area contributed by atoms with Crippen molar-refractivity contribution in [3.8, 4) is 11.3 Å². The number of anilines is 3. The molecule has 2 aliphatic rings. The van der Waals surface area contributed by atoms with Crippen LogP contribution in [0.4, 0.5) is 26.0 Å². The van der Waals surface area contributed by atoms with Gasteiger partial charge < -0.3 is 19.4 Å². The number of aryl methyl sites for hydroxylation is 1. The zero-order chi connectivity index (χ0) is 27.5. The molecule has 0 spiro atoms. The first-order chi connectivity index (χ1) is 18.6. The Morgan fingerprint density at radius 2 is 1.90 bits per heavy atom. The lowest BCUT2D eigenvalue weighted by Crippen LogP contribution is -2.50. The maximum atomic E-state index is 13.4. The molecule has 39 heavy (non-hydrogen) atoms. The summed E-state index contributed by atoms with van der Waals surface area (Å²) in [4.78, 5) is 28.5. The van der Waals surface area contributed by atoms with Gasteiger partial charge in [-0.3, -0.25) is 0 Å². The van der Waals surface area contributed by atoms with E-state index in [1.165, 1.54) is 23.5 Å². The molecule has 2 aliphatic heterocycles. The zero-order valence-corrected chi connectivity index (χ0v) is 23.6. The topological polar surface area (TPSA) is 79.1 Å². The van der Waals surface area contributed by atoms with Gasteiger partial charge in [-0.1, -0.05) is 6.92 Å². The number of ether oxygens (including phenoxy) is 1. The number of hydrogen-bond acceptors (Lipinski definition) is 8. The molecule has 3 aromatic heterocycles. The number of fused-ring (bicyclic) bond motifs is 3. The number of rotatable bonds is 5. The van der Waals surface area contributed by atoms with Crippen molar-refractivity contribution in [1.29, 1.82) is 0 Å². The van der Waals surface area contributed by atoms with Gasteiger partial charge >= 0.3 is 6.09 Å². The summed E-state index contributed by atoms with van der Waals surface area (Å²) in [5.41, 5.74) is 2.85. The van der Waals surface area contributed by atoms with Gasteiger partial charge in [0.1, 0.15) is 17.2 Å². The number of piperazine rings is 1. The van der Waals surface area contributed by atoms with E-state index in [4.69, 9.17) is 19.8 Å². The molecule has 2 fully saturated rings. The maximum Gasteiger partial charge on any atom is 0.410 e. The maximum absolute atomic E-state index is 13.4. The van der Waals surface area contributed by atoms with Crippen molar-refractivity contribution in [3.63, 3.8) is 0 Å². The van der Waals surface area contributed by atoms with E-state index in [0.717, 1.165) is 58.8 Å². The second-order valence-electron chi connectivity index (χ2n) is 11.1. The Labute approximate surface area is 230 Å². The lowest BCUT2D eigenvalue weighted by atomic mass is 10.2. The highest BCUT2D eigenvalue weighted by molar-refractivity contribution is 7.14. The van der Waals surface area contributed by atoms with Crippen molar-refractivity contribution in [1.82, 2.24) is 24.5 Å². The van der Waals surface area contributed by atoms with Gasteiger partial charge in [0, 0.05) is 31.1 Å². The van der Waals surface area contributed by atoms with Crippen LogP contribution in [0.5, 0.6) is 0 Å². The van der Waals surface area contributed by atoms with E-state index >= 15 is 0 Å². The second-order valence-corrected chi connectivity index (χ2v) is 11.9. The molecule has 204 valence electrons. The molecule has 2 bridgehead atoms. The standard InChI is InChI=1S/C28H32FN7O2S/c1-6-21-25(33(5)26-31-22(16-39-26)17-7-9-18(29)10-8-17)36-23(30-21)11-12-24(32-36)34-14-20-13-19(34)15-35(20)27(37)38-28(2,3)4/h7-12,16,19-20H,6,13-15H2,1-5H3. The minimum Gasteiger partial charge on any atom is -0.444 e. The van der Waals surface area contributed by atoms with Crippen LogP contribution in [0.3, 0.4) is 0 Å². The van der Waals surface area contributed by atoms with Crippen LogP contribution in [0.15, 0.2) is 41.8 Å². The van der Waals surface area contributed by atoms with Gasteiger partial charge in [-0.05, 0) is 70.0 Å². The number of nitrogens with zero attached hydrogens (tertiary/aromatic N) is 7. The molecule has 0 radical (unpaired) electrons. The van der Waals surface area contributed by atoms with E-state index in [1.807, 2.05) is 59.6 Å². The molecule has 9 nitrogen and oxygen atoms in total. The van der Waals surface area contributed by atoms with Gasteiger partial charge in [-0.2, -0.15) is 4.52 Å². The Hall–Kier alpha value is -3.73. The van der Waals surface area contributed by atoms with E-state index in [-0.39, 0.29) is 24.0 Å². The normalized spacial score (nSPS) is 18.8. The molecule has 1 amide bonds. The van der Waals surface area contributed by atoms with Gasteiger partial charge in [-0.25, -0.2) is 19.2 Å². The summed E-state index contributed by atoms with van der Waals surface area (Å²) in [6, 6.07) is 10.7. The number of halogens is 1. The van der Waals surface area contributed by atoms with Crippen molar-refractivity contribution in [3.05, 3.63) is 53.3 Å². The van der Waals surface area contributed by atoms with Crippen molar-refractivity contribution in [2.24, 2.45) is 0 Å². The third-order valence-electron chi connectivity index (χ3n) is 7.24. The number of hydrogen-bond donors (Lipinski definition) is 0. The second kappa shape index (κ2) is 9.48. The van der Waals surface area contributed by atoms with Gasteiger partial charge in [-0.15, -0.1) is 16.4 Å². The predicted molar refractivity (Wildman–Crippen MR) is 150 cm³/mol. The first kappa shape index (κ1) is 25.5. The lowest BCUT2D eigenvalue weighted by Gasteiger charge is -2.35. The fraction of sp³-hybridized carbons (Fsp3) is 0.429. The van der Waals surface area contributed by atoms with Gasteiger partial charge in [0.2, 0.25) is 0 Å². The molecule has 2 saturated heterocycles. The molecule has 2 atom stereocenters. The summed E-state index contributed by atoms with van der Waals surface area (Å²) >= 11 is 1.52. The molecule has 0 aliphatic carbocycles. The summed E-state index contributed by atoms with van der Waals surface area (Å²) < 4.78 is 20.9. The first-order valence-electron chi connectivity index (χ1n) is 13.2. The van der Waals surface area contributed by atoms with Crippen LogP contribution in [0, 0.1) is 5.82 Å². The van der Waals surface area contributed by atoms with Crippen molar-refractivity contribution >= 4 is 39.8 Å². The Morgan fingerprint density at radius 3 is 2.56 bits per heavy atom. The molecule has 0 N–H and O–H groups in total. The average Bonchev–Trinajstić information content (AvgIpc) is 3.69. The molecule has 0 saturated carbocycles. The number of aromatic nitrogens is 4. The third-order valence-corrected chi connectivity index (χ3v) is 8.16. The summed E-state index contributed by atoms with van der Waals surface area (Å²) in [5, 5.41) is 7.81. The molecule has 6 rings (SSSR count). The van der Waals surface area contributed by atoms with Gasteiger partial charge in [0.15, 0.2) is 16.6 Å². The van der Waals surface area contributed by atoms with Crippen molar-refractivity contribution in [2.45, 2.75) is 58.2 Å². The van der Waals surface area contributed by atoms with Crippen molar-refractivity contribution in [2.75, 3.05) is 29.9 Å². The Balaban J connectivity index is 1.27. The van der Waals surface area contributed by atoms with Crippen molar-refractivity contribution < 1.29 is 13.9 Å². The SMILES string of the molecule is CCc1nc2ccc(N3CC4CC3CN4C(=O)OC(C)(C)C)nn2c1N(C)c1nc(-c2ccc(F)cc2)cs1. The summed E-state index contributed by atoms with van der Waals surface area (Å²) in [5.74, 6) is 1.46. The fourth-order valence-corrected chi connectivity index (χ4v) is 6.24. The largest absolute Gasteiger partial charge is 0.444 e. The van der Waals surface area contributed by atoms with E-state index in [2.05, 4.69) is 11.8 Å². The molecular formula is C28H32FN7O2S.